The van der Waals surface area contributed by atoms with Gasteiger partial charge in [-0.25, -0.2) is 4.79 Å². The molecule has 61 heavy (non-hydrogen) atoms. The van der Waals surface area contributed by atoms with Crippen LogP contribution in [0.2, 0.25) is 0 Å². The second-order valence-electron chi connectivity index (χ2n) is 16.3. The zero-order valence-electron chi connectivity index (χ0n) is 35.2. The van der Waals surface area contributed by atoms with Crippen LogP contribution in [-0.4, -0.2) is 107 Å². The van der Waals surface area contributed by atoms with Gasteiger partial charge in [0.15, 0.2) is 10.9 Å². The van der Waals surface area contributed by atoms with E-state index in [1.54, 1.807) is 24.3 Å². The molecule has 0 saturated carbocycles. The number of anilines is 1. The summed E-state index contributed by atoms with van der Waals surface area (Å²) in [6, 6.07) is 4.74. The van der Waals surface area contributed by atoms with E-state index in [2.05, 4.69) is 31.9 Å². The number of carboxylic acids is 1. The van der Waals surface area contributed by atoms with E-state index >= 15 is 0 Å². The van der Waals surface area contributed by atoms with Gasteiger partial charge in [-0.1, -0.05) is 12.1 Å². The smallest absolute Gasteiger partial charge is 0.336 e. The number of carbonyl (C=O) groups excluding carboxylic acids is 6. The van der Waals surface area contributed by atoms with Gasteiger partial charge in [0.2, 0.25) is 23.6 Å². The number of fused-ring (bicyclic) bond motifs is 2. The standard InChI is InChI=1S/C43H54N6O11S/c1-23(50)20-46-34(54)22-48-39(59)43(7,42(5,6)38(58)47-21-24(2)51)41(3,4)37(57)44-15-8-16-45-40(61)49-25-9-12-28(31(17-25)36(55)56)35-29-13-10-26(52)18-32(29)60-33-19-27(53)11-14-30(33)35/h9-14,17-19,24,29,32,51-52H,8,15-16,20-22H2,1-7H3,(H,44,57)(H,46,54)(H,47,58)(H,48,59)(H,55,56)(H2,45,49,61). The number of carboxylic acid groups (broad SMARTS) is 1. The number of hydrogen-bond acceptors (Lipinski definition) is 11. The average Bonchev–Trinajstić information content (AvgIpc) is 3.19. The molecule has 4 amide bonds. The molecule has 0 bridgehead atoms. The van der Waals surface area contributed by atoms with Gasteiger partial charge >= 0.3 is 5.97 Å². The topological polar surface area (TPSA) is 262 Å². The molecule has 0 saturated heterocycles. The van der Waals surface area contributed by atoms with Crippen molar-refractivity contribution in [3.05, 3.63) is 82.9 Å². The molecule has 18 heteroatoms. The van der Waals surface area contributed by atoms with Crippen molar-refractivity contribution < 1.29 is 53.6 Å². The molecule has 0 fully saturated rings. The van der Waals surface area contributed by atoms with Gasteiger partial charge in [0.25, 0.3) is 0 Å². The van der Waals surface area contributed by atoms with Crippen molar-refractivity contribution in [2.45, 2.75) is 67.1 Å². The number of carbonyl (C=O) groups is 7. The first-order valence-corrected chi connectivity index (χ1v) is 20.1. The minimum Gasteiger partial charge on any atom is -0.508 e. The Bertz CT molecular complexity index is 2150. The van der Waals surface area contributed by atoms with Crippen molar-refractivity contribution in [2.24, 2.45) is 22.2 Å². The SMILES string of the molecule is CC(=O)CNC(=O)CNC(=O)C(C)(C(C)(C)C(=O)NCCCNC(=S)Nc1ccc(C2=C3C=CC(=O)C=C3OC3C=C(O)C=CC23)c(C(=O)O)c1)C(C)(C)C(=O)NCC(C)O. The van der Waals surface area contributed by atoms with E-state index < -0.39 is 70.5 Å². The number of nitrogens with one attached hydrogen (secondary N) is 6. The predicted molar refractivity (Wildman–Crippen MR) is 230 cm³/mol. The maximum atomic E-state index is 14.0. The molecule has 1 heterocycles. The molecule has 17 nitrogen and oxygen atoms in total. The Hall–Kier alpha value is -6.14. The molecule has 0 aromatic heterocycles. The van der Waals surface area contributed by atoms with Gasteiger partial charge in [-0.3, -0.25) is 28.8 Å². The molecule has 0 spiro atoms. The molecule has 4 atom stereocenters. The molecule has 9 N–H and O–H groups in total. The van der Waals surface area contributed by atoms with E-state index in [1.165, 1.54) is 78.8 Å². The highest BCUT2D eigenvalue weighted by atomic mass is 32.1. The number of hydrogen-bond donors (Lipinski definition) is 9. The fourth-order valence-corrected chi connectivity index (χ4v) is 7.51. The van der Waals surface area contributed by atoms with Gasteiger partial charge in [-0.15, -0.1) is 0 Å². The number of aliphatic hydroxyl groups is 2. The Labute approximate surface area is 359 Å². The number of ketones is 2. The lowest BCUT2D eigenvalue weighted by Crippen LogP contribution is -2.65. The van der Waals surface area contributed by atoms with Crippen LogP contribution in [0, 0.1) is 22.2 Å². The van der Waals surface area contributed by atoms with Crippen LogP contribution in [-0.2, 0) is 33.5 Å². The number of thiocarbonyl (C=S) groups is 1. The van der Waals surface area contributed by atoms with Crippen LogP contribution in [0.5, 0.6) is 0 Å². The van der Waals surface area contributed by atoms with E-state index in [0.717, 1.165) is 0 Å². The maximum Gasteiger partial charge on any atom is 0.336 e. The lowest BCUT2D eigenvalue weighted by atomic mass is 9.52. The van der Waals surface area contributed by atoms with E-state index in [4.69, 9.17) is 17.0 Å². The second-order valence-corrected chi connectivity index (χ2v) is 16.7. The summed E-state index contributed by atoms with van der Waals surface area (Å²) in [4.78, 5) is 89.9. The molecular formula is C43H54N6O11S. The van der Waals surface area contributed by atoms with Crippen LogP contribution in [0.4, 0.5) is 5.69 Å². The Balaban J connectivity index is 1.42. The number of benzene rings is 1. The van der Waals surface area contributed by atoms with E-state index in [9.17, 15) is 48.9 Å². The summed E-state index contributed by atoms with van der Waals surface area (Å²) in [5, 5.41) is 46.8. The lowest BCUT2D eigenvalue weighted by molar-refractivity contribution is -0.166. The summed E-state index contributed by atoms with van der Waals surface area (Å²) in [6.45, 7) is 9.81. The van der Waals surface area contributed by atoms with Crippen LogP contribution in [0.25, 0.3) is 5.57 Å². The first-order chi connectivity index (χ1) is 28.5. The molecule has 2 aliphatic carbocycles. The van der Waals surface area contributed by atoms with Gasteiger partial charge in [-0.05, 0) is 115 Å². The monoisotopic (exact) mass is 862 g/mol. The fraction of sp³-hybridized carbons (Fsp3) is 0.442. The number of amides is 4. The summed E-state index contributed by atoms with van der Waals surface area (Å²) in [7, 11) is 0. The van der Waals surface area contributed by atoms with E-state index in [-0.39, 0.29) is 59.9 Å². The van der Waals surface area contributed by atoms with Gasteiger partial charge in [-0.2, -0.15) is 0 Å². The number of allylic oxidation sites excluding steroid dienone is 4. The highest BCUT2D eigenvalue weighted by molar-refractivity contribution is 7.80. The van der Waals surface area contributed by atoms with Crippen LogP contribution in [0.1, 0.15) is 70.8 Å². The molecule has 3 aliphatic rings. The van der Waals surface area contributed by atoms with Gasteiger partial charge in [0.1, 0.15) is 23.4 Å². The van der Waals surface area contributed by atoms with Crippen molar-refractivity contribution in [3.63, 3.8) is 0 Å². The Morgan fingerprint density at radius 2 is 1.52 bits per heavy atom. The summed E-state index contributed by atoms with van der Waals surface area (Å²) in [5.74, 6) is -4.55. The normalized spacial score (nSPS) is 18.4. The summed E-state index contributed by atoms with van der Waals surface area (Å²) in [6.07, 6.45) is 7.83. The quantitative estimate of drug-likeness (QED) is 0.0759. The largest absolute Gasteiger partial charge is 0.508 e. The Kier molecular flexibility index (Phi) is 15.2. The highest BCUT2D eigenvalue weighted by Gasteiger charge is 2.62. The molecule has 328 valence electrons. The molecule has 1 aromatic carbocycles. The Morgan fingerprint density at radius 1 is 0.869 bits per heavy atom. The zero-order chi connectivity index (χ0) is 45.4. The Morgan fingerprint density at radius 3 is 2.16 bits per heavy atom. The molecule has 0 radical (unpaired) electrons. The minimum atomic E-state index is -1.77. The zero-order valence-corrected chi connectivity index (χ0v) is 36.0. The second kappa shape index (κ2) is 19.5. The third-order valence-corrected chi connectivity index (χ3v) is 11.6. The van der Waals surface area contributed by atoms with E-state index in [0.29, 0.717) is 28.8 Å². The van der Waals surface area contributed by atoms with Crippen LogP contribution < -0.4 is 31.9 Å². The molecule has 4 rings (SSSR count). The minimum absolute atomic E-state index is 0.0153. The number of aliphatic hydroxyl groups excluding tert-OH is 2. The van der Waals surface area contributed by atoms with Crippen molar-refractivity contribution in [2.75, 3.05) is 38.0 Å². The fourth-order valence-electron chi connectivity index (χ4n) is 7.29. The van der Waals surface area contributed by atoms with Crippen LogP contribution in [0.3, 0.4) is 0 Å². The summed E-state index contributed by atoms with van der Waals surface area (Å²) >= 11 is 5.48. The average molecular weight is 863 g/mol. The van der Waals surface area contributed by atoms with Crippen LogP contribution >= 0.6 is 12.2 Å². The van der Waals surface area contributed by atoms with E-state index in [1.807, 2.05) is 0 Å². The molecule has 1 aliphatic heterocycles. The van der Waals surface area contributed by atoms with Gasteiger partial charge in [0, 0.05) is 42.9 Å². The van der Waals surface area contributed by atoms with Crippen LogP contribution in [0.15, 0.2) is 71.7 Å². The van der Waals surface area contributed by atoms with Crippen molar-refractivity contribution in [3.8, 4) is 0 Å². The summed E-state index contributed by atoms with van der Waals surface area (Å²) in [5.41, 5.74) is -3.01. The first-order valence-electron chi connectivity index (χ1n) is 19.7. The molecular weight excluding hydrogens is 809 g/mol. The third kappa shape index (κ3) is 10.8. The third-order valence-electron chi connectivity index (χ3n) is 11.3. The highest BCUT2D eigenvalue weighted by Crippen LogP contribution is 2.52. The number of ether oxygens (including phenoxy) is 1. The predicted octanol–water partition coefficient (Wildman–Crippen LogP) is 2.36. The van der Waals surface area contributed by atoms with Crippen molar-refractivity contribution >= 4 is 69.8 Å². The molecule has 1 aromatic rings. The van der Waals surface area contributed by atoms with Gasteiger partial charge < -0.3 is 52.0 Å². The van der Waals surface area contributed by atoms with Gasteiger partial charge in [0.05, 0.1) is 41.0 Å². The van der Waals surface area contributed by atoms with Crippen molar-refractivity contribution in [1.29, 1.82) is 0 Å². The van der Waals surface area contributed by atoms with Crippen molar-refractivity contribution in [1.82, 2.24) is 26.6 Å². The molecule has 4 unspecified atom stereocenters. The maximum absolute atomic E-state index is 14.0. The number of Topliss-reactive ketones (excluding diaryl/α,β-unsaturated/α-hetero) is 1. The summed E-state index contributed by atoms with van der Waals surface area (Å²) < 4.78 is 6.01. The number of aromatic carboxylic acids is 1. The lowest BCUT2D eigenvalue weighted by Gasteiger charge is -2.50. The first kappa shape index (κ1) is 47.5. The number of rotatable bonds is 18.